The molecular weight excluding hydrogens is 454 g/mol. The Morgan fingerprint density at radius 3 is 2.26 bits per heavy atom. The number of nitriles is 1. The van der Waals surface area contributed by atoms with Crippen molar-refractivity contribution in [2.45, 2.75) is 45.1 Å². The molecule has 1 heterocycles. The van der Waals surface area contributed by atoms with E-state index in [0.717, 1.165) is 9.54 Å². The number of ether oxygens (including phenoxy) is 1. The number of benzene rings is 2. The standard InChI is InChI=1S/C25H25N3O5S/c1-15-7-9-19(10-8-15)34(31,32)28-21-13-20(27-24(30)33-25(4,5)6)16(2)11-18(21)12-22(28)23(29)17(3)14-26/h7-13H,3H2,1-2,4-6H3,(H,27,30). The Morgan fingerprint density at radius 1 is 1.09 bits per heavy atom. The maximum atomic E-state index is 13.6. The molecule has 0 saturated carbocycles. The van der Waals surface area contributed by atoms with E-state index in [2.05, 4.69) is 11.9 Å². The molecular formula is C25H25N3O5S. The van der Waals surface area contributed by atoms with Crippen LogP contribution in [0, 0.1) is 25.2 Å². The van der Waals surface area contributed by atoms with Gasteiger partial charge in [0.1, 0.15) is 17.4 Å². The van der Waals surface area contributed by atoms with Crippen LogP contribution in [0.4, 0.5) is 10.5 Å². The van der Waals surface area contributed by atoms with Gasteiger partial charge in [-0.1, -0.05) is 24.3 Å². The van der Waals surface area contributed by atoms with Crippen LogP contribution in [-0.2, 0) is 14.8 Å². The van der Waals surface area contributed by atoms with Crippen molar-refractivity contribution < 1.29 is 22.7 Å². The average molecular weight is 480 g/mol. The first kappa shape index (κ1) is 24.7. The quantitative estimate of drug-likeness (QED) is 0.309. The van der Waals surface area contributed by atoms with Crippen LogP contribution in [0.3, 0.4) is 0 Å². The minimum atomic E-state index is -4.24. The van der Waals surface area contributed by atoms with Gasteiger partial charge in [0, 0.05) is 11.1 Å². The van der Waals surface area contributed by atoms with Crippen LogP contribution < -0.4 is 5.32 Å². The van der Waals surface area contributed by atoms with Crippen LogP contribution in [0.25, 0.3) is 10.9 Å². The van der Waals surface area contributed by atoms with E-state index in [1.807, 2.05) is 6.92 Å². The molecule has 0 aliphatic rings. The fourth-order valence-electron chi connectivity index (χ4n) is 3.33. The third-order valence-electron chi connectivity index (χ3n) is 4.94. The van der Waals surface area contributed by atoms with Crippen molar-refractivity contribution in [2.75, 3.05) is 5.32 Å². The SMILES string of the molecule is C=C(C#N)C(=O)c1cc2cc(C)c(NC(=O)OC(C)(C)C)cc2n1S(=O)(=O)c1ccc(C)cc1. The normalized spacial score (nSPS) is 11.6. The topological polar surface area (TPSA) is 118 Å². The molecule has 1 amide bonds. The highest BCUT2D eigenvalue weighted by Crippen LogP contribution is 2.31. The number of hydrogen-bond donors (Lipinski definition) is 1. The highest BCUT2D eigenvalue weighted by atomic mass is 32.2. The molecule has 1 N–H and O–H groups in total. The first-order chi connectivity index (χ1) is 15.7. The van der Waals surface area contributed by atoms with Gasteiger partial charge in [-0.2, -0.15) is 5.26 Å². The number of aromatic nitrogens is 1. The Kier molecular flexibility index (Phi) is 6.40. The number of carbonyl (C=O) groups excluding carboxylic acids is 2. The minimum absolute atomic E-state index is 0.0329. The van der Waals surface area contributed by atoms with Gasteiger partial charge in [-0.05, 0) is 70.5 Å². The number of ketones is 1. The summed E-state index contributed by atoms with van der Waals surface area (Å²) in [5.41, 5.74) is 0.618. The van der Waals surface area contributed by atoms with E-state index < -0.39 is 33.1 Å². The Balaban J connectivity index is 2.27. The number of aryl methyl sites for hydroxylation is 2. The van der Waals surface area contributed by atoms with Crippen molar-refractivity contribution in [2.24, 2.45) is 0 Å². The lowest BCUT2D eigenvalue weighted by Crippen LogP contribution is -2.27. The van der Waals surface area contributed by atoms with Gasteiger partial charge in [-0.3, -0.25) is 10.1 Å². The molecule has 0 radical (unpaired) electrons. The second-order valence-electron chi connectivity index (χ2n) is 8.88. The van der Waals surface area contributed by atoms with Crippen LogP contribution in [0.1, 0.15) is 42.4 Å². The number of fused-ring (bicyclic) bond motifs is 1. The summed E-state index contributed by atoms with van der Waals surface area (Å²) >= 11 is 0. The molecule has 0 spiro atoms. The first-order valence-electron chi connectivity index (χ1n) is 10.4. The molecule has 0 saturated heterocycles. The molecule has 3 rings (SSSR count). The van der Waals surface area contributed by atoms with Gasteiger partial charge in [0.05, 0.1) is 16.0 Å². The van der Waals surface area contributed by atoms with Crippen molar-refractivity contribution >= 4 is 38.5 Å². The summed E-state index contributed by atoms with van der Waals surface area (Å²) < 4.78 is 33.5. The number of allylic oxidation sites excluding steroid dienone is 1. The maximum Gasteiger partial charge on any atom is 0.412 e. The van der Waals surface area contributed by atoms with Crippen molar-refractivity contribution in [3.63, 3.8) is 0 Å². The van der Waals surface area contributed by atoms with E-state index in [1.165, 1.54) is 24.3 Å². The van der Waals surface area contributed by atoms with Crippen molar-refractivity contribution in [1.82, 2.24) is 3.97 Å². The van der Waals surface area contributed by atoms with Gasteiger partial charge >= 0.3 is 6.09 Å². The van der Waals surface area contributed by atoms with Gasteiger partial charge < -0.3 is 4.74 Å². The summed E-state index contributed by atoms with van der Waals surface area (Å²) in [6.45, 7) is 12.2. The zero-order chi connectivity index (χ0) is 25.4. The van der Waals surface area contributed by atoms with Gasteiger partial charge in [-0.15, -0.1) is 0 Å². The van der Waals surface area contributed by atoms with Crippen LogP contribution in [0.2, 0.25) is 0 Å². The summed E-state index contributed by atoms with van der Waals surface area (Å²) in [6.07, 6.45) is -0.705. The number of amides is 1. The molecule has 34 heavy (non-hydrogen) atoms. The second kappa shape index (κ2) is 8.80. The number of nitrogens with one attached hydrogen (secondary N) is 1. The molecule has 2 aromatic carbocycles. The zero-order valence-corrected chi connectivity index (χ0v) is 20.4. The van der Waals surface area contributed by atoms with Crippen molar-refractivity contribution in [1.29, 1.82) is 5.26 Å². The Labute approximate surface area is 198 Å². The maximum absolute atomic E-state index is 13.6. The number of rotatable bonds is 5. The number of carbonyl (C=O) groups is 2. The summed E-state index contributed by atoms with van der Waals surface area (Å²) in [7, 11) is -4.24. The van der Waals surface area contributed by atoms with Crippen molar-refractivity contribution in [3.8, 4) is 6.07 Å². The largest absolute Gasteiger partial charge is 0.444 e. The molecule has 1 aromatic heterocycles. The minimum Gasteiger partial charge on any atom is -0.444 e. The van der Waals surface area contributed by atoms with Crippen LogP contribution in [0.15, 0.2) is 59.5 Å². The van der Waals surface area contributed by atoms with Crippen LogP contribution in [-0.4, -0.2) is 29.9 Å². The monoisotopic (exact) mass is 479 g/mol. The number of nitrogens with zero attached hydrogens (tertiary/aromatic N) is 2. The van der Waals surface area contributed by atoms with Gasteiger partial charge in [0.2, 0.25) is 5.78 Å². The Morgan fingerprint density at radius 2 is 1.71 bits per heavy atom. The first-order valence-corrected chi connectivity index (χ1v) is 11.8. The Bertz CT molecular complexity index is 1470. The molecule has 0 aliphatic carbocycles. The molecule has 176 valence electrons. The van der Waals surface area contributed by atoms with E-state index in [9.17, 15) is 23.3 Å². The van der Waals surface area contributed by atoms with Crippen molar-refractivity contribution in [3.05, 3.63) is 71.4 Å². The average Bonchev–Trinajstić information content (AvgIpc) is 3.10. The molecule has 0 fully saturated rings. The second-order valence-corrected chi connectivity index (χ2v) is 10.7. The number of Topliss-reactive ketones (excluding diaryl/α,β-unsaturated/α-hetero) is 1. The lowest BCUT2D eigenvalue weighted by molar-refractivity contribution is 0.0635. The molecule has 9 heteroatoms. The predicted molar refractivity (Wildman–Crippen MR) is 129 cm³/mol. The van der Waals surface area contributed by atoms with Gasteiger partial charge in [0.15, 0.2) is 0 Å². The van der Waals surface area contributed by atoms with Gasteiger partial charge in [-0.25, -0.2) is 17.2 Å². The highest BCUT2D eigenvalue weighted by Gasteiger charge is 2.28. The predicted octanol–water partition coefficient (Wildman–Crippen LogP) is 5.10. The third kappa shape index (κ3) is 4.87. The molecule has 0 bridgehead atoms. The highest BCUT2D eigenvalue weighted by molar-refractivity contribution is 7.90. The van der Waals surface area contributed by atoms with Crippen LogP contribution >= 0.6 is 0 Å². The lowest BCUT2D eigenvalue weighted by Gasteiger charge is -2.20. The molecule has 0 atom stereocenters. The smallest absolute Gasteiger partial charge is 0.412 e. The van der Waals surface area contributed by atoms with E-state index in [4.69, 9.17) is 4.74 Å². The fraction of sp³-hybridized carbons (Fsp3) is 0.240. The van der Waals surface area contributed by atoms with E-state index >= 15 is 0 Å². The van der Waals surface area contributed by atoms with E-state index in [-0.39, 0.29) is 16.1 Å². The number of hydrogen-bond acceptors (Lipinski definition) is 6. The zero-order valence-electron chi connectivity index (χ0n) is 19.6. The summed E-state index contributed by atoms with van der Waals surface area (Å²) in [6, 6.07) is 12.4. The molecule has 0 aliphatic heterocycles. The fourth-order valence-corrected chi connectivity index (χ4v) is 4.83. The van der Waals surface area contributed by atoms with E-state index in [0.29, 0.717) is 16.6 Å². The van der Waals surface area contributed by atoms with Gasteiger partial charge in [0.25, 0.3) is 10.0 Å². The van der Waals surface area contributed by atoms with Crippen LogP contribution in [0.5, 0.6) is 0 Å². The summed E-state index contributed by atoms with van der Waals surface area (Å²) in [5, 5.41) is 12.2. The Hall–Kier alpha value is -3.90. The molecule has 0 unspecified atom stereocenters. The summed E-state index contributed by atoms with van der Waals surface area (Å²) in [5.74, 6) is -0.811. The summed E-state index contributed by atoms with van der Waals surface area (Å²) in [4.78, 5) is 25.2. The molecule has 3 aromatic rings. The number of anilines is 1. The molecule has 8 nitrogen and oxygen atoms in total. The third-order valence-corrected chi connectivity index (χ3v) is 6.68. The lowest BCUT2D eigenvalue weighted by atomic mass is 10.1. The van der Waals surface area contributed by atoms with E-state index in [1.54, 1.807) is 52.0 Å².